The summed E-state index contributed by atoms with van der Waals surface area (Å²) in [6, 6.07) is 5.76. The van der Waals surface area contributed by atoms with Crippen LogP contribution in [0.15, 0.2) is 34.5 Å². The lowest BCUT2D eigenvalue weighted by atomic mass is 9.95. The van der Waals surface area contributed by atoms with Crippen LogP contribution in [0.5, 0.6) is 0 Å². The van der Waals surface area contributed by atoms with Crippen LogP contribution in [0.2, 0.25) is 0 Å². The molecule has 0 spiro atoms. The summed E-state index contributed by atoms with van der Waals surface area (Å²) in [5.41, 5.74) is 1.92. The van der Waals surface area contributed by atoms with E-state index in [9.17, 15) is 24.5 Å². The predicted octanol–water partition coefficient (Wildman–Crippen LogP) is 3.27. The highest BCUT2D eigenvalue weighted by Gasteiger charge is 2.33. The number of benzene rings is 1. The highest BCUT2D eigenvalue weighted by atomic mass is 32.2. The molecule has 2 N–H and O–H groups in total. The van der Waals surface area contributed by atoms with Crippen LogP contribution in [0, 0.1) is 10.1 Å². The molecule has 2 aromatic rings. The van der Waals surface area contributed by atoms with Crippen LogP contribution in [0.1, 0.15) is 45.6 Å². The van der Waals surface area contributed by atoms with Gasteiger partial charge in [-0.2, -0.15) is 5.10 Å². The van der Waals surface area contributed by atoms with Gasteiger partial charge < -0.3 is 15.4 Å². The minimum absolute atomic E-state index is 0.0328. The van der Waals surface area contributed by atoms with Crippen LogP contribution in [-0.2, 0) is 27.2 Å². The highest BCUT2D eigenvalue weighted by Crippen LogP contribution is 2.38. The predicted molar refractivity (Wildman–Crippen MR) is 133 cm³/mol. The fraction of sp³-hybridized carbons (Fsp3) is 0.318. The second kappa shape index (κ2) is 10.8. The van der Waals surface area contributed by atoms with E-state index in [0.717, 1.165) is 47.9 Å². The fourth-order valence-corrected chi connectivity index (χ4v) is 5.95. The van der Waals surface area contributed by atoms with Gasteiger partial charge >= 0.3 is 5.97 Å². The fourth-order valence-electron chi connectivity index (χ4n) is 3.73. The number of non-ortho nitro benzene ring substituents is 1. The van der Waals surface area contributed by atoms with Crippen LogP contribution in [-0.4, -0.2) is 46.4 Å². The van der Waals surface area contributed by atoms with Gasteiger partial charge in [-0.1, -0.05) is 11.8 Å². The van der Waals surface area contributed by atoms with Gasteiger partial charge in [0.15, 0.2) is 5.17 Å². The molecule has 13 heteroatoms. The van der Waals surface area contributed by atoms with Crippen molar-refractivity contribution >= 4 is 63.0 Å². The number of nitrogens with one attached hydrogen (secondary N) is 2. The molecule has 2 heterocycles. The Morgan fingerprint density at radius 2 is 2.03 bits per heavy atom. The topological polar surface area (TPSA) is 152 Å². The quantitative estimate of drug-likeness (QED) is 0.248. The molecule has 182 valence electrons. The number of carbonyl (C=O) groups is 3. The Bertz CT molecular complexity index is 1240. The first-order chi connectivity index (χ1) is 16.9. The Morgan fingerprint density at radius 3 is 2.74 bits per heavy atom. The van der Waals surface area contributed by atoms with E-state index >= 15 is 0 Å². The number of nitrogens with zero attached hydrogens (tertiary/aromatic N) is 3. The summed E-state index contributed by atoms with van der Waals surface area (Å²) in [7, 11) is 1.31. The van der Waals surface area contributed by atoms with Crippen LogP contribution in [0.3, 0.4) is 0 Å². The molecule has 0 bridgehead atoms. The zero-order valence-electron chi connectivity index (χ0n) is 18.6. The molecule has 1 fully saturated rings. The smallest absolute Gasteiger partial charge is 0.341 e. The Hall–Kier alpha value is -3.58. The zero-order valence-corrected chi connectivity index (χ0v) is 20.2. The normalized spacial score (nSPS) is 18.4. The van der Waals surface area contributed by atoms with Gasteiger partial charge in [0, 0.05) is 23.4 Å². The minimum atomic E-state index is -0.695. The summed E-state index contributed by atoms with van der Waals surface area (Å²) in [5.74, 6) is -1.24. The number of hydrogen-bond acceptors (Lipinski definition) is 10. The van der Waals surface area contributed by atoms with E-state index in [4.69, 9.17) is 4.74 Å². The molecule has 0 unspecified atom stereocenters. The molecule has 1 atom stereocenters. The Balaban J connectivity index is 1.37. The highest BCUT2D eigenvalue weighted by molar-refractivity contribution is 8.15. The van der Waals surface area contributed by atoms with Gasteiger partial charge in [0.05, 0.1) is 23.8 Å². The Labute approximate surface area is 208 Å². The SMILES string of the molecule is COC(=O)c1c(NC(=O)C[C@@H]2S/C(=N\N=C/c3ccc([N+](=O)[O-])cc3)NC2=O)sc2c1CCCC2. The molecule has 4 rings (SSSR count). The molecular weight excluding hydrogens is 494 g/mol. The molecule has 1 aromatic carbocycles. The van der Waals surface area contributed by atoms with Crippen molar-refractivity contribution in [2.24, 2.45) is 10.2 Å². The minimum Gasteiger partial charge on any atom is -0.465 e. The standard InChI is InChI=1S/C22H21N5O6S2/c1-33-21(30)18-14-4-2-3-5-15(14)34-20(18)24-17(28)10-16-19(29)25-22(35-16)26-23-11-12-6-8-13(9-7-12)27(31)32/h6-9,11,16H,2-5,10H2,1H3,(H,24,28)(H,25,26,29)/b23-11-/t16-/m0/s1. The second-order valence-electron chi connectivity index (χ2n) is 7.75. The zero-order chi connectivity index (χ0) is 24.9. The van der Waals surface area contributed by atoms with Crippen LogP contribution in [0.25, 0.3) is 0 Å². The van der Waals surface area contributed by atoms with E-state index in [1.165, 1.54) is 48.9 Å². The number of anilines is 1. The molecule has 1 aliphatic heterocycles. The average Bonchev–Trinajstić information content (AvgIpc) is 3.38. The summed E-state index contributed by atoms with van der Waals surface area (Å²) in [5, 5.41) is 23.9. The van der Waals surface area contributed by atoms with Crippen LogP contribution in [0.4, 0.5) is 10.7 Å². The number of amidine groups is 1. The summed E-state index contributed by atoms with van der Waals surface area (Å²) in [6.45, 7) is 0. The number of fused-ring (bicyclic) bond motifs is 1. The number of carbonyl (C=O) groups excluding carboxylic acids is 3. The van der Waals surface area contributed by atoms with Crippen molar-refractivity contribution in [3.63, 3.8) is 0 Å². The van der Waals surface area contributed by atoms with Crippen molar-refractivity contribution in [3.8, 4) is 0 Å². The first-order valence-electron chi connectivity index (χ1n) is 10.7. The number of esters is 1. The van der Waals surface area contributed by atoms with Gasteiger partial charge in [-0.15, -0.1) is 16.4 Å². The van der Waals surface area contributed by atoms with Gasteiger partial charge in [-0.3, -0.25) is 19.7 Å². The number of ether oxygens (including phenoxy) is 1. The molecule has 1 aromatic heterocycles. The van der Waals surface area contributed by atoms with Crippen LogP contribution >= 0.6 is 23.1 Å². The van der Waals surface area contributed by atoms with E-state index in [-0.39, 0.29) is 23.2 Å². The van der Waals surface area contributed by atoms with E-state index in [2.05, 4.69) is 20.8 Å². The van der Waals surface area contributed by atoms with Crippen molar-refractivity contribution in [2.75, 3.05) is 12.4 Å². The lowest BCUT2D eigenvalue weighted by Crippen LogP contribution is -2.28. The number of rotatable bonds is 7. The van der Waals surface area contributed by atoms with Crippen molar-refractivity contribution in [1.82, 2.24) is 5.32 Å². The number of methoxy groups -OCH3 is 1. The third-order valence-electron chi connectivity index (χ3n) is 5.42. The Kier molecular flexibility index (Phi) is 7.56. The number of hydrogen-bond donors (Lipinski definition) is 2. The van der Waals surface area contributed by atoms with E-state index in [1.54, 1.807) is 0 Å². The number of thioether (sulfide) groups is 1. The van der Waals surface area contributed by atoms with E-state index < -0.39 is 22.0 Å². The number of nitro benzene ring substituents is 1. The summed E-state index contributed by atoms with van der Waals surface area (Å²) in [4.78, 5) is 48.6. The van der Waals surface area contributed by atoms with Gasteiger partial charge in [0.1, 0.15) is 10.3 Å². The third kappa shape index (κ3) is 5.74. The first kappa shape index (κ1) is 24.5. The van der Waals surface area contributed by atoms with Crippen molar-refractivity contribution in [1.29, 1.82) is 0 Å². The summed E-state index contributed by atoms with van der Waals surface area (Å²) in [6.07, 6.45) is 4.94. The van der Waals surface area contributed by atoms with Crippen molar-refractivity contribution < 1.29 is 24.0 Å². The van der Waals surface area contributed by atoms with E-state index in [0.29, 0.717) is 16.1 Å². The van der Waals surface area contributed by atoms with Gasteiger partial charge in [-0.25, -0.2) is 4.79 Å². The molecule has 2 aliphatic rings. The van der Waals surface area contributed by atoms with Crippen LogP contribution < -0.4 is 10.6 Å². The number of amides is 2. The van der Waals surface area contributed by atoms with Crippen molar-refractivity contribution in [3.05, 3.63) is 55.9 Å². The molecule has 0 radical (unpaired) electrons. The maximum atomic E-state index is 12.7. The maximum Gasteiger partial charge on any atom is 0.341 e. The van der Waals surface area contributed by atoms with Gasteiger partial charge in [0.25, 0.3) is 5.69 Å². The average molecular weight is 516 g/mol. The molecule has 11 nitrogen and oxygen atoms in total. The Morgan fingerprint density at radius 1 is 1.29 bits per heavy atom. The molecule has 35 heavy (non-hydrogen) atoms. The lowest BCUT2D eigenvalue weighted by molar-refractivity contribution is -0.384. The summed E-state index contributed by atoms with van der Waals surface area (Å²) >= 11 is 2.46. The second-order valence-corrected chi connectivity index (χ2v) is 10.0. The van der Waals surface area contributed by atoms with Crippen molar-refractivity contribution in [2.45, 2.75) is 37.4 Å². The number of aryl methyl sites for hydroxylation is 1. The monoisotopic (exact) mass is 515 g/mol. The largest absolute Gasteiger partial charge is 0.465 e. The first-order valence-corrected chi connectivity index (χ1v) is 12.4. The molecular formula is C22H21N5O6S2. The molecule has 2 amide bonds. The third-order valence-corrected chi connectivity index (χ3v) is 7.70. The van der Waals surface area contributed by atoms with E-state index in [1.807, 2.05) is 0 Å². The molecule has 1 saturated heterocycles. The number of thiophene rings is 1. The van der Waals surface area contributed by atoms with Gasteiger partial charge in [-0.05, 0) is 48.9 Å². The summed E-state index contributed by atoms with van der Waals surface area (Å²) < 4.78 is 4.92. The molecule has 1 aliphatic carbocycles. The lowest BCUT2D eigenvalue weighted by Gasteiger charge is -2.12. The number of nitro groups is 1. The maximum absolute atomic E-state index is 12.7. The van der Waals surface area contributed by atoms with Gasteiger partial charge in [0.2, 0.25) is 11.8 Å². The molecule has 0 saturated carbocycles.